The van der Waals surface area contributed by atoms with Gasteiger partial charge >= 0.3 is 0 Å². The fourth-order valence-electron chi connectivity index (χ4n) is 3.13. The van der Waals surface area contributed by atoms with Gasteiger partial charge < -0.3 is 20.3 Å². The summed E-state index contributed by atoms with van der Waals surface area (Å²) in [6, 6.07) is 14.1. The highest BCUT2D eigenvalue weighted by molar-refractivity contribution is 6.06. The van der Waals surface area contributed by atoms with Gasteiger partial charge in [-0.2, -0.15) is 0 Å². The van der Waals surface area contributed by atoms with Crippen LogP contribution in [0.2, 0.25) is 0 Å². The maximum Gasteiger partial charge on any atom is 0.247 e. The molecule has 6 heteroatoms. The normalized spacial score (nSPS) is 15.6. The smallest absolute Gasteiger partial charge is 0.247 e. The highest BCUT2D eigenvalue weighted by Gasteiger charge is 2.34. The summed E-state index contributed by atoms with van der Waals surface area (Å²) in [5.74, 6) is 0.214. The van der Waals surface area contributed by atoms with Crippen LogP contribution >= 0.6 is 0 Å². The molecule has 140 valence electrons. The Morgan fingerprint density at radius 1 is 1.26 bits per heavy atom. The first-order chi connectivity index (χ1) is 13.0. The van der Waals surface area contributed by atoms with Gasteiger partial charge in [0.25, 0.3) is 0 Å². The van der Waals surface area contributed by atoms with Crippen LogP contribution in [0.5, 0.6) is 5.75 Å². The molecule has 6 nitrogen and oxygen atoms in total. The number of anilines is 3. The topological polar surface area (TPSA) is 70.7 Å². The number of para-hydroxylation sites is 2. The summed E-state index contributed by atoms with van der Waals surface area (Å²) in [6.45, 7) is 6.37. The standard InChI is InChI=1S/C21H23N3O3/c1-14(2)13-24-18-10-5-4-9-17(18)23-21(26)19(24)12-20(25)22-15-7-6-8-16(11-15)27-3/h4-11,19H,1,12-13H2,2-3H3,(H,22,25)(H,23,26)/t19-/m1/s1. The second kappa shape index (κ2) is 7.95. The van der Waals surface area contributed by atoms with Crippen molar-refractivity contribution in [1.29, 1.82) is 0 Å². The van der Waals surface area contributed by atoms with Crippen molar-refractivity contribution in [3.05, 3.63) is 60.7 Å². The summed E-state index contributed by atoms with van der Waals surface area (Å²) in [6.07, 6.45) is 0.0324. The Hall–Kier alpha value is -3.28. The molecular weight excluding hydrogens is 342 g/mol. The fourth-order valence-corrected chi connectivity index (χ4v) is 3.13. The van der Waals surface area contributed by atoms with Gasteiger partial charge in [0.05, 0.1) is 24.9 Å². The van der Waals surface area contributed by atoms with Crippen LogP contribution in [0.15, 0.2) is 60.7 Å². The van der Waals surface area contributed by atoms with Gasteiger partial charge in [-0.3, -0.25) is 9.59 Å². The first-order valence-corrected chi connectivity index (χ1v) is 8.72. The second-order valence-corrected chi connectivity index (χ2v) is 6.59. The predicted octanol–water partition coefficient (Wildman–Crippen LogP) is 3.43. The third kappa shape index (κ3) is 4.28. The molecule has 1 aliphatic rings. The molecule has 1 atom stereocenters. The number of amides is 2. The monoisotopic (exact) mass is 365 g/mol. The molecule has 2 amide bonds. The van der Waals surface area contributed by atoms with E-state index in [9.17, 15) is 9.59 Å². The average molecular weight is 365 g/mol. The molecule has 0 saturated carbocycles. The number of carbonyl (C=O) groups excluding carboxylic acids is 2. The lowest BCUT2D eigenvalue weighted by molar-refractivity contribution is -0.122. The van der Waals surface area contributed by atoms with Crippen LogP contribution in [0.4, 0.5) is 17.1 Å². The molecular formula is C21H23N3O3. The summed E-state index contributed by atoms with van der Waals surface area (Å²) in [5.41, 5.74) is 3.17. The van der Waals surface area contributed by atoms with E-state index < -0.39 is 6.04 Å². The third-order valence-electron chi connectivity index (χ3n) is 4.32. The van der Waals surface area contributed by atoms with E-state index in [-0.39, 0.29) is 18.2 Å². The van der Waals surface area contributed by atoms with E-state index in [1.807, 2.05) is 36.1 Å². The van der Waals surface area contributed by atoms with Gasteiger partial charge in [-0.15, -0.1) is 0 Å². The van der Waals surface area contributed by atoms with Gasteiger partial charge in [0.15, 0.2) is 0 Å². The van der Waals surface area contributed by atoms with E-state index in [1.54, 1.807) is 31.4 Å². The molecule has 1 heterocycles. The zero-order valence-corrected chi connectivity index (χ0v) is 15.5. The number of nitrogens with one attached hydrogen (secondary N) is 2. The Morgan fingerprint density at radius 2 is 2.04 bits per heavy atom. The van der Waals surface area contributed by atoms with Crippen LogP contribution in [-0.4, -0.2) is 31.5 Å². The van der Waals surface area contributed by atoms with Crippen molar-refractivity contribution in [2.75, 3.05) is 29.2 Å². The Bertz CT molecular complexity index is 878. The molecule has 0 saturated heterocycles. The molecule has 1 aliphatic heterocycles. The lowest BCUT2D eigenvalue weighted by Gasteiger charge is -2.38. The minimum atomic E-state index is -0.609. The summed E-state index contributed by atoms with van der Waals surface area (Å²) < 4.78 is 5.17. The van der Waals surface area contributed by atoms with Crippen molar-refractivity contribution in [3.63, 3.8) is 0 Å². The molecule has 0 spiro atoms. The molecule has 0 radical (unpaired) electrons. The van der Waals surface area contributed by atoms with Crippen LogP contribution in [0.25, 0.3) is 0 Å². The number of hydrogen-bond donors (Lipinski definition) is 2. The third-order valence-corrected chi connectivity index (χ3v) is 4.32. The molecule has 0 bridgehead atoms. The Morgan fingerprint density at radius 3 is 2.78 bits per heavy atom. The summed E-state index contributed by atoms with van der Waals surface area (Å²) in [4.78, 5) is 27.2. The highest BCUT2D eigenvalue weighted by Crippen LogP contribution is 2.33. The largest absolute Gasteiger partial charge is 0.497 e. The van der Waals surface area contributed by atoms with E-state index in [2.05, 4.69) is 17.2 Å². The van der Waals surface area contributed by atoms with E-state index in [0.29, 0.717) is 18.0 Å². The van der Waals surface area contributed by atoms with Gasteiger partial charge in [0.2, 0.25) is 11.8 Å². The van der Waals surface area contributed by atoms with Crippen LogP contribution in [0.3, 0.4) is 0 Å². The zero-order chi connectivity index (χ0) is 19.4. The van der Waals surface area contributed by atoms with Crippen molar-refractivity contribution in [2.45, 2.75) is 19.4 Å². The number of nitrogens with zero attached hydrogens (tertiary/aromatic N) is 1. The lowest BCUT2D eigenvalue weighted by Crippen LogP contribution is -2.50. The molecule has 0 fully saturated rings. The number of rotatable bonds is 6. The highest BCUT2D eigenvalue weighted by atomic mass is 16.5. The summed E-state index contributed by atoms with van der Waals surface area (Å²) in [7, 11) is 1.57. The van der Waals surface area contributed by atoms with Crippen LogP contribution in [0.1, 0.15) is 13.3 Å². The maximum atomic E-state index is 12.7. The first kappa shape index (κ1) is 18.5. The van der Waals surface area contributed by atoms with Crippen LogP contribution < -0.4 is 20.3 Å². The Kier molecular flexibility index (Phi) is 5.45. The molecule has 27 heavy (non-hydrogen) atoms. The molecule has 0 aliphatic carbocycles. The predicted molar refractivity (Wildman–Crippen MR) is 107 cm³/mol. The van der Waals surface area contributed by atoms with Crippen molar-refractivity contribution in [1.82, 2.24) is 0 Å². The van der Waals surface area contributed by atoms with Crippen LogP contribution in [-0.2, 0) is 9.59 Å². The van der Waals surface area contributed by atoms with Crippen molar-refractivity contribution in [3.8, 4) is 5.75 Å². The van der Waals surface area contributed by atoms with Crippen LogP contribution in [0, 0.1) is 0 Å². The average Bonchev–Trinajstić information content (AvgIpc) is 2.64. The fraction of sp³-hybridized carbons (Fsp3) is 0.238. The summed E-state index contributed by atoms with van der Waals surface area (Å²) in [5, 5.41) is 5.72. The number of ether oxygens (including phenoxy) is 1. The second-order valence-electron chi connectivity index (χ2n) is 6.59. The number of carbonyl (C=O) groups is 2. The van der Waals surface area contributed by atoms with E-state index in [1.165, 1.54) is 0 Å². The molecule has 0 unspecified atom stereocenters. The maximum absolute atomic E-state index is 12.7. The van der Waals surface area contributed by atoms with Crippen molar-refractivity contribution in [2.24, 2.45) is 0 Å². The van der Waals surface area contributed by atoms with Gasteiger partial charge in [0.1, 0.15) is 11.8 Å². The van der Waals surface area contributed by atoms with E-state index >= 15 is 0 Å². The summed E-state index contributed by atoms with van der Waals surface area (Å²) >= 11 is 0. The Balaban J connectivity index is 1.79. The molecule has 2 aromatic carbocycles. The SMILES string of the molecule is C=C(C)CN1c2ccccc2NC(=O)[C@H]1CC(=O)Nc1cccc(OC)c1. The number of hydrogen-bond acceptors (Lipinski definition) is 4. The Labute approximate surface area is 158 Å². The quantitative estimate of drug-likeness (QED) is 0.770. The van der Waals surface area contributed by atoms with Crippen molar-refractivity contribution < 1.29 is 14.3 Å². The molecule has 3 rings (SSSR count). The molecule has 2 N–H and O–H groups in total. The molecule has 2 aromatic rings. The van der Waals surface area contributed by atoms with E-state index in [0.717, 1.165) is 16.9 Å². The number of methoxy groups -OCH3 is 1. The first-order valence-electron chi connectivity index (χ1n) is 8.72. The number of benzene rings is 2. The van der Waals surface area contributed by atoms with Gasteiger partial charge in [-0.25, -0.2) is 0 Å². The van der Waals surface area contributed by atoms with E-state index in [4.69, 9.17) is 4.74 Å². The minimum Gasteiger partial charge on any atom is -0.497 e. The van der Waals surface area contributed by atoms with Gasteiger partial charge in [0, 0.05) is 18.3 Å². The zero-order valence-electron chi connectivity index (χ0n) is 15.5. The van der Waals surface area contributed by atoms with Gasteiger partial charge in [-0.05, 0) is 31.2 Å². The molecule has 0 aromatic heterocycles. The van der Waals surface area contributed by atoms with Crippen molar-refractivity contribution >= 4 is 28.9 Å². The minimum absolute atomic E-state index is 0.0324. The number of fused-ring (bicyclic) bond motifs is 1. The lowest BCUT2D eigenvalue weighted by atomic mass is 10.0. The van der Waals surface area contributed by atoms with Gasteiger partial charge in [-0.1, -0.05) is 30.4 Å².